The maximum Gasteiger partial charge on any atom is 0.312 e. The summed E-state index contributed by atoms with van der Waals surface area (Å²) < 4.78 is 13.3. The van der Waals surface area contributed by atoms with Crippen LogP contribution in [0.4, 0.5) is 20.6 Å². The van der Waals surface area contributed by atoms with Crippen LogP contribution >= 0.6 is 0 Å². The summed E-state index contributed by atoms with van der Waals surface area (Å²) >= 11 is 0. The molecule has 2 aromatic carbocycles. The van der Waals surface area contributed by atoms with Gasteiger partial charge in [-0.2, -0.15) is 4.39 Å². The van der Waals surface area contributed by atoms with Crippen LogP contribution in [-0.4, -0.2) is 22.9 Å². The molecule has 4 N–H and O–H groups in total. The van der Waals surface area contributed by atoms with Crippen molar-refractivity contribution in [3.05, 3.63) is 70.0 Å². The first-order valence-corrected chi connectivity index (χ1v) is 7.21. The van der Waals surface area contributed by atoms with Gasteiger partial charge in [0.25, 0.3) is 0 Å². The summed E-state index contributed by atoms with van der Waals surface area (Å²) in [5.74, 6) is -1.65. The SMILES string of the molecule is NC(=O)NC(Cc1ccccc1)C(=O)Nc1ccc(F)c([N+](=O)[O-])c1. The summed E-state index contributed by atoms with van der Waals surface area (Å²) in [5.41, 5.74) is 5.14. The van der Waals surface area contributed by atoms with Gasteiger partial charge in [0.15, 0.2) is 0 Å². The molecule has 2 aromatic rings. The van der Waals surface area contributed by atoms with Gasteiger partial charge in [0.05, 0.1) is 4.92 Å². The molecule has 8 nitrogen and oxygen atoms in total. The number of nitro groups is 1. The molecule has 130 valence electrons. The summed E-state index contributed by atoms with van der Waals surface area (Å²) in [5, 5.41) is 15.5. The molecule has 0 fully saturated rings. The van der Waals surface area contributed by atoms with Gasteiger partial charge in [0, 0.05) is 18.2 Å². The van der Waals surface area contributed by atoms with Crippen LogP contribution in [0.3, 0.4) is 0 Å². The van der Waals surface area contributed by atoms with E-state index < -0.39 is 34.4 Å². The predicted molar refractivity (Wildman–Crippen MR) is 88.3 cm³/mol. The first kappa shape index (κ1) is 17.9. The molecule has 0 saturated heterocycles. The van der Waals surface area contributed by atoms with E-state index in [4.69, 9.17) is 5.73 Å². The Labute approximate surface area is 142 Å². The number of halogens is 1. The minimum absolute atomic E-state index is 0.0300. The first-order valence-electron chi connectivity index (χ1n) is 7.21. The van der Waals surface area contributed by atoms with Crippen molar-refractivity contribution in [2.75, 3.05) is 5.32 Å². The highest BCUT2D eigenvalue weighted by molar-refractivity contribution is 5.97. The van der Waals surface area contributed by atoms with Gasteiger partial charge >= 0.3 is 11.7 Å². The Morgan fingerprint density at radius 1 is 1.20 bits per heavy atom. The van der Waals surface area contributed by atoms with Crippen LogP contribution in [0, 0.1) is 15.9 Å². The second-order valence-corrected chi connectivity index (χ2v) is 5.16. The molecule has 0 aromatic heterocycles. The topological polar surface area (TPSA) is 127 Å². The molecule has 0 radical (unpaired) electrons. The van der Waals surface area contributed by atoms with Crippen molar-refractivity contribution in [3.8, 4) is 0 Å². The Morgan fingerprint density at radius 3 is 2.48 bits per heavy atom. The highest BCUT2D eigenvalue weighted by atomic mass is 19.1. The van der Waals surface area contributed by atoms with Gasteiger partial charge in [-0.3, -0.25) is 14.9 Å². The predicted octanol–water partition coefficient (Wildman–Crippen LogP) is 1.95. The zero-order valence-corrected chi connectivity index (χ0v) is 12.9. The number of carbonyl (C=O) groups is 2. The number of hydrogen-bond donors (Lipinski definition) is 3. The Balaban J connectivity index is 2.17. The molecule has 0 bridgehead atoms. The number of amides is 3. The minimum Gasteiger partial charge on any atom is -0.352 e. The van der Waals surface area contributed by atoms with Crippen molar-refractivity contribution in [1.29, 1.82) is 0 Å². The summed E-state index contributed by atoms with van der Waals surface area (Å²) in [7, 11) is 0. The molecule has 1 unspecified atom stereocenters. The van der Waals surface area contributed by atoms with Crippen LogP contribution in [0.5, 0.6) is 0 Å². The van der Waals surface area contributed by atoms with Crippen molar-refractivity contribution in [2.24, 2.45) is 5.73 Å². The lowest BCUT2D eigenvalue weighted by molar-refractivity contribution is -0.387. The van der Waals surface area contributed by atoms with E-state index in [0.29, 0.717) is 0 Å². The number of urea groups is 1. The molecule has 3 amide bonds. The fourth-order valence-electron chi connectivity index (χ4n) is 2.19. The van der Waals surface area contributed by atoms with Crippen molar-refractivity contribution in [2.45, 2.75) is 12.5 Å². The van der Waals surface area contributed by atoms with Crippen LogP contribution in [0.2, 0.25) is 0 Å². The van der Waals surface area contributed by atoms with Gasteiger partial charge < -0.3 is 16.4 Å². The van der Waals surface area contributed by atoms with Crippen LogP contribution in [0.25, 0.3) is 0 Å². The molecule has 0 aliphatic carbocycles. The quantitative estimate of drug-likeness (QED) is 0.545. The fraction of sp³-hybridized carbons (Fsp3) is 0.125. The van der Waals surface area contributed by atoms with Crippen LogP contribution in [0.15, 0.2) is 48.5 Å². The molecule has 2 rings (SSSR count). The molecule has 0 saturated carbocycles. The summed E-state index contributed by atoms with van der Waals surface area (Å²) in [6, 6.07) is 9.97. The molecular formula is C16H15FN4O4. The molecule has 0 spiro atoms. The smallest absolute Gasteiger partial charge is 0.312 e. The standard InChI is InChI=1S/C16H15FN4O4/c17-12-7-6-11(9-14(12)21(24)25)19-15(22)13(20-16(18)23)8-10-4-2-1-3-5-10/h1-7,9,13H,8H2,(H,19,22)(H3,18,20,23). The maximum absolute atomic E-state index is 13.3. The second-order valence-electron chi connectivity index (χ2n) is 5.16. The van der Waals surface area contributed by atoms with Gasteiger partial charge in [-0.25, -0.2) is 4.79 Å². The fourth-order valence-corrected chi connectivity index (χ4v) is 2.19. The highest BCUT2D eigenvalue weighted by Crippen LogP contribution is 2.21. The lowest BCUT2D eigenvalue weighted by atomic mass is 10.1. The minimum atomic E-state index is -1.01. The van der Waals surface area contributed by atoms with Crippen LogP contribution < -0.4 is 16.4 Å². The zero-order chi connectivity index (χ0) is 18.4. The largest absolute Gasteiger partial charge is 0.352 e. The van der Waals surface area contributed by atoms with E-state index in [-0.39, 0.29) is 12.1 Å². The molecule has 1 atom stereocenters. The number of rotatable bonds is 6. The van der Waals surface area contributed by atoms with Crippen molar-refractivity contribution >= 4 is 23.3 Å². The van der Waals surface area contributed by atoms with E-state index in [1.54, 1.807) is 30.3 Å². The molecule has 9 heteroatoms. The lowest BCUT2D eigenvalue weighted by Crippen LogP contribution is -2.47. The number of nitrogens with two attached hydrogens (primary N) is 1. The highest BCUT2D eigenvalue weighted by Gasteiger charge is 2.22. The Bertz CT molecular complexity index is 798. The number of carbonyl (C=O) groups excluding carboxylic acids is 2. The number of nitrogens with one attached hydrogen (secondary N) is 2. The lowest BCUT2D eigenvalue weighted by Gasteiger charge is -2.17. The van der Waals surface area contributed by atoms with Gasteiger partial charge in [0.1, 0.15) is 6.04 Å². The zero-order valence-electron chi connectivity index (χ0n) is 12.9. The van der Waals surface area contributed by atoms with Crippen molar-refractivity contribution in [1.82, 2.24) is 5.32 Å². The van der Waals surface area contributed by atoms with Gasteiger partial charge in [0.2, 0.25) is 11.7 Å². The number of benzene rings is 2. The number of nitrogens with zero attached hydrogens (tertiary/aromatic N) is 1. The van der Waals surface area contributed by atoms with E-state index in [1.165, 1.54) is 6.07 Å². The third-order valence-electron chi connectivity index (χ3n) is 3.33. The van der Waals surface area contributed by atoms with E-state index in [1.807, 2.05) is 0 Å². The van der Waals surface area contributed by atoms with Gasteiger partial charge in [-0.1, -0.05) is 30.3 Å². The van der Waals surface area contributed by atoms with Crippen molar-refractivity contribution in [3.63, 3.8) is 0 Å². The third kappa shape index (κ3) is 4.99. The van der Waals surface area contributed by atoms with Crippen LogP contribution in [0.1, 0.15) is 5.56 Å². The number of hydrogen-bond acceptors (Lipinski definition) is 4. The number of primary amides is 1. The molecule has 0 aliphatic heterocycles. The molecule has 25 heavy (non-hydrogen) atoms. The maximum atomic E-state index is 13.3. The van der Waals surface area contributed by atoms with Gasteiger partial charge in [-0.05, 0) is 17.7 Å². The van der Waals surface area contributed by atoms with Crippen LogP contribution in [-0.2, 0) is 11.2 Å². The average molecular weight is 346 g/mol. The van der Waals surface area contributed by atoms with E-state index in [9.17, 15) is 24.1 Å². The average Bonchev–Trinajstić information content (AvgIpc) is 2.56. The monoisotopic (exact) mass is 346 g/mol. The van der Waals surface area contributed by atoms with E-state index in [2.05, 4.69) is 10.6 Å². The third-order valence-corrected chi connectivity index (χ3v) is 3.33. The molecule has 0 heterocycles. The summed E-state index contributed by atoms with van der Waals surface area (Å²) in [4.78, 5) is 33.4. The summed E-state index contributed by atoms with van der Waals surface area (Å²) in [6.45, 7) is 0. The van der Waals surface area contributed by atoms with Crippen molar-refractivity contribution < 1.29 is 18.9 Å². The van der Waals surface area contributed by atoms with E-state index in [0.717, 1.165) is 17.7 Å². The molecular weight excluding hydrogens is 331 g/mol. The number of anilines is 1. The second kappa shape index (κ2) is 7.86. The molecule has 0 aliphatic rings. The Hall–Kier alpha value is -3.49. The summed E-state index contributed by atoms with van der Waals surface area (Å²) in [6.07, 6.45) is 0.166. The Morgan fingerprint density at radius 2 is 1.88 bits per heavy atom. The van der Waals surface area contributed by atoms with Gasteiger partial charge in [-0.15, -0.1) is 0 Å². The van der Waals surface area contributed by atoms with E-state index >= 15 is 0 Å². The Kier molecular flexibility index (Phi) is 5.62. The number of nitro benzene ring substituents is 1. The first-order chi connectivity index (χ1) is 11.9. The normalized spacial score (nSPS) is 11.4.